The van der Waals surface area contributed by atoms with Gasteiger partial charge in [0.05, 0.1) is 32.2 Å². The predicted octanol–water partition coefficient (Wildman–Crippen LogP) is 3.95. The van der Waals surface area contributed by atoms with Crippen LogP contribution in [0.3, 0.4) is 0 Å². The Morgan fingerprint density at radius 1 is 1.22 bits per heavy atom. The van der Waals surface area contributed by atoms with E-state index < -0.39 is 52.2 Å². The van der Waals surface area contributed by atoms with Crippen LogP contribution in [-0.2, 0) is 33.4 Å². The van der Waals surface area contributed by atoms with E-state index in [0.717, 1.165) is 23.0 Å². The molecule has 0 amide bonds. The number of hydrogen-bond acceptors (Lipinski definition) is 8. The number of ether oxygens (including phenoxy) is 3. The summed E-state index contributed by atoms with van der Waals surface area (Å²) in [5.41, 5.74) is 0.0221. The second-order valence-electron chi connectivity index (χ2n) is 11.6. The summed E-state index contributed by atoms with van der Waals surface area (Å²) in [6.45, 7) is 8.96. The number of carbonyl (C=O) groups is 4. The van der Waals surface area contributed by atoms with E-state index in [2.05, 4.69) is 6.92 Å². The summed E-state index contributed by atoms with van der Waals surface area (Å²) in [5, 5.41) is 0. The fraction of sp³-hybridized carbons (Fsp3) is 0.586. The maximum atomic E-state index is 13.9. The van der Waals surface area contributed by atoms with E-state index in [0.29, 0.717) is 6.42 Å². The van der Waals surface area contributed by atoms with Gasteiger partial charge in [0.1, 0.15) is 18.5 Å². The lowest BCUT2D eigenvalue weighted by atomic mass is 9.41. The molecule has 1 aromatic rings. The molecule has 2 heterocycles. The van der Waals surface area contributed by atoms with Crippen LogP contribution in [0.4, 0.5) is 0 Å². The molecule has 1 saturated heterocycles. The Morgan fingerprint density at radius 2 is 1.95 bits per heavy atom. The van der Waals surface area contributed by atoms with Crippen LogP contribution in [0, 0.1) is 28.1 Å². The lowest BCUT2D eigenvalue weighted by Gasteiger charge is -2.62. The van der Waals surface area contributed by atoms with Crippen molar-refractivity contribution in [2.75, 3.05) is 7.11 Å². The molecule has 0 radical (unpaired) electrons. The van der Waals surface area contributed by atoms with Gasteiger partial charge in [-0.05, 0) is 49.5 Å². The molecule has 8 nitrogen and oxygen atoms in total. The maximum absolute atomic E-state index is 13.9. The number of methoxy groups -OCH3 is 1. The minimum Gasteiger partial charge on any atom is -0.472 e. The third-order valence-electron chi connectivity index (χ3n) is 9.82. The minimum atomic E-state index is -1.21. The predicted molar refractivity (Wildman–Crippen MR) is 131 cm³/mol. The van der Waals surface area contributed by atoms with Crippen LogP contribution in [0.5, 0.6) is 0 Å². The summed E-state index contributed by atoms with van der Waals surface area (Å²) in [5.74, 6) is -2.39. The van der Waals surface area contributed by atoms with Gasteiger partial charge in [-0.25, -0.2) is 0 Å². The summed E-state index contributed by atoms with van der Waals surface area (Å²) >= 11 is 0. The molecule has 0 spiro atoms. The zero-order valence-corrected chi connectivity index (χ0v) is 22.1. The summed E-state index contributed by atoms with van der Waals surface area (Å²) in [4.78, 5) is 51.7. The first-order chi connectivity index (χ1) is 17.4. The standard InChI is InChI=1S/C29H34O8/c1-15-18(17-8-10-35-13-17)11-19-23(15)29(5)20(12-22(33)34-6)28(4)21(32)7-9-27(3,14-30)25(28)24(26(29)37-19)36-16(2)31/h7-10,13-14,18-20,24-26H,11-12H2,1-6H3/t18-,19+,20+,24+,25-,26+,27-,28-,29+/m0/s1. The summed E-state index contributed by atoms with van der Waals surface area (Å²) < 4.78 is 23.2. The Bertz CT molecular complexity index is 1210. The van der Waals surface area contributed by atoms with Gasteiger partial charge in [0.2, 0.25) is 0 Å². The van der Waals surface area contributed by atoms with Crippen LogP contribution in [0.25, 0.3) is 0 Å². The molecule has 37 heavy (non-hydrogen) atoms. The highest BCUT2D eigenvalue weighted by molar-refractivity contribution is 5.98. The SMILES string of the molecule is COC(=O)C[C@H]1[C@]2(C)C3=C(C)[C@@H](c4ccoc4)C[C@H]3O[C@@H]2[C@H](OC(C)=O)[C@H]2[C@](C)(C=O)C=CC(=O)[C@]12C. The Labute approximate surface area is 216 Å². The van der Waals surface area contributed by atoms with Gasteiger partial charge in [-0.15, -0.1) is 0 Å². The van der Waals surface area contributed by atoms with E-state index in [-0.39, 0.29) is 24.2 Å². The van der Waals surface area contributed by atoms with E-state index in [4.69, 9.17) is 18.6 Å². The van der Waals surface area contributed by atoms with Crippen molar-refractivity contribution in [3.05, 3.63) is 47.5 Å². The lowest BCUT2D eigenvalue weighted by molar-refractivity contribution is -0.221. The van der Waals surface area contributed by atoms with Gasteiger partial charge in [0.15, 0.2) is 5.78 Å². The molecule has 9 atom stereocenters. The van der Waals surface area contributed by atoms with Crippen molar-refractivity contribution in [2.45, 2.75) is 71.7 Å². The molecule has 0 N–H and O–H groups in total. The number of furan rings is 1. The normalized spacial score (nSPS) is 42.2. The van der Waals surface area contributed by atoms with E-state index in [9.17, 15) is 19.2 Å². The van der Waals surface area contributed by atoms with E-state index in [1.807, 2.05) is 19.9 Å². The van der Waals surface area contributed by atoms with Crippen LogP contribution in [0.2, 0.25) is 0 Å². The molecule has 2 fully saturated rings. The molecule has 1 aromatic heterocycles. The van der Waals surface area contributed by atoms with Crippen LogP contribution < -0.4 is 0 Å². The van der Waals surface area contributed by atoms with Crippen LogP contribution in [0.1, 0.15) is 58.9 Å². The molecule has 8 heteroatoms. The van der Waals surface area contributed by atoms with Gasteiger partial charge in [0.25, 0.3) is 0 Å². The van der Waals surface area contributed by atoms with Gasteiger partial charge in [0, 0.05) is 35.0 Å². The van der Waals surface area contributed by atoms with Crippen molar-refractivity contribution in [1.82, 2.24) is 0 Å². The number of carbonyl (C=O) groups excluding carboxylic acids is 4. The average molecular weight is 511 g/mol. The molecule has 1 aliphatic heterocycles. The highest BCUT2D eigenvalue weighted by atomic mass is 16.6. The first-order valence-electron chi connectivity index (χ1n) is 12.8. The van der Waals surface area contributed by atoms with Gasteiger partial charge < -0.3 is 23.4 Å². The second-order valence-corrected chi connectivity index (χ2v) is 11.6. The highest BCUT2D eigenvalue weighted by Gasteiger charge is 2.74. The number of rotatable bonds is 5. The van der Waals surface area contributed by atoms with Gasteiger partial charge >= 0.3 is 11.9 Å². The molecule has 4 aliphatic rings. The van der Waals surface area contributed by atoms with Gasteiger partial charge in [-0.1, -0.05) is 25.5 Å². The van der Waals surface area contributed by atoms with Crippen molar-refractivity contribution in [3.63, 3.8) is 0 Å². The number of ketones is 1. The van der Waals surface area contributed by atoms with Crippen molar-refractivity contribution in [3.8, 4) is 0 Å². The van der Waals surface area contributed by atoms with Crippen molar-refractivity contribution in [2.24, 2.45) is 28.1 Å². The van der Waals surface area contributed by atoms with E-state index >= 15 is 0 Å². The first-order valence-corrected chi connectivity index (χ1v) is 12.8. The maximum Gasteiger partial charge on any atom is 0.305 e. The monoisotopic (exact) mass is 510 g/mol. The quantitative estimate of drug-likeness (QED) is 0.333. The largest absolute Gasteiger partial charge is 0.472 e. The molecule has 0 aromatic carbocycles. The number of esters is 2. The van der Waals surface area contributed by atoms with Crippen molar-refractivity contribution in [1.29, 1.82) is 0 Å². The van der Waals surface area contributed by atoms with Crippen LogP contribution in [-0.4, -0.2) is 49.4 Å². The first kappa shape index (κ1) is 25.6. The Kier molecular flexibility index (Phi) is 5.90. The van der Waals surface area contributed by atoms with Crippen LogP contribution in [0.15, 0.2) is 46.3 Å². The number of fused-ring (bicyclic) bond motifs is 4. The molecular weight excluding hydrogens is 476 g/mol. The molecule has 0 unspecified atom stereocenters. The fourth-order valence-corrected chi connectivity index (χ4v) is 8.31. The third-order valence-corrected chi connectivity index (χ3v) is 9.82. The fourth-order valence-electron chi connectivity index (χ4n) is 8.31. The molecule has 1 saturated carbocycles. The molecular formula is C29H34O8. The Balaban J connectivity index is 1.77. The zero-order chi connectivity index (χ0) is 26.9. The number of aldehydes is 1. The number of allylic oxidation sites excluding steroid dienone is 3. The summed E-state index contributed by atoms with van der Waals surface area (Å²) in [6, 6.07) is 1.94. The lowest BCUT2D eigenvalue weighted by Crippen LogP contribution is -2.69. The van der Waals surface area contributed by atoms with E-state index in [1.54, 1.807) is 25.5 Å². The van der Waals surface area contributed by atoms with Crippen molar-refractivity contribution >= 4 is 24.0 Å². The Hall–Kier alpha value is -3.00. The molecule has 0 bridgehead atoms. The van der Waals surface area contributed by atoms with E-state index in [1.165, 1.54) is 20.1 Å². The smallest absolute Gasteiger partial charge is 0.305 e. The third kappa shape index (κ3) is 3.37. The summed E-state index contributed by atoms with van der Waals surface area (Å²) in [7, 11) is 1.33. The zero-order valence-electron chi connectivity index (χ0n) is 22.1. The highest BCUT2D eigenvalue weighted by Crippen LogP contribution is 2.70. The van der Waals surface area contributed by atoms with Crippen LogP contribution >= 0.6 is 0 Å². The molecule has 198 valence electrons. The molecule has 3 aliphatic carbocycles. The topological polar surface area (TPSA) is 109 Å². The van der Waals surface area contributed by atoms with Gasteiger partial charge in [-0.2, -0.15) is 0 Å². The number of hydrogen-bond donors (Lipinski definition) is 0. The Morgan fingerprint density at radius 3 is 2.54 bits per heavy atom. The minimum absolute atomic E-state index is 0.0406. The second kappa shape index (κ2) is 8.51. The van der Waals surface area contributed by atoms with Gasteiger partial charge in [-0.3, -0.25) is 14.4 Å². The molecule has 5 rings (SSSR count). The van der Waals surface area contributed by atoms with Crippen molar-refractivity contribution < 1.29 is 37.8 Å². The average Bonchev–Trinajstić information content (AvgIpc) is 3.56. The summed E-state index contributed by atoms with van der Waals surface area (Å²) in [6.07, 6.45) is 6.04.